The maximum absolute atomic E-state index is 12.3. The van der Waals surface area contributed by atoms with Crippen molar-refractivity contribution in [1.29, 1.82) is 0 Å². The van der Waals surface area contributed by atoms with Crippen LogP contribution in [0.3, 0.4) is 0 Å². The number of hydrogen-bond donors (Lipinski definition) is 3. The number of thiazole rings is 1. The third kappa shape index (κ3) is 3.21. The molecule has 6 nitrogen and oxygen atoms in total. The Balaban J connectivity index is 2.07. The zero-order valence-electron chi connectivity index (χ0n) is 12.1. The van der Waals surface area contributed by atoms with Crippen LogP contribution in [0.1, 0.15) is 42.3 Å². The number of carbonyl (C=O) groups is 1. The molecule has 5 N–H and O–H groups in total. The summed E-state index contributed by atoms with van der Waals surface area (Å²) >= 11 is 1.33. The second kappa shape index (κ2) is 6.41. The van der Waals surface area contributed by atoms with Crippen LogP contribution in [0, 0.1) is 0 Å². The van der Waals surface area contributed by atoms with Crippen LogP contribution in [0.15, 0.2) is 0 Å². The quantitative estimate of drug-likeness (QED) is 0.775. The first-order chi connectivity index (χ1) is 9.52. The zero-order chi connectivity index (χ0) is 14.7. The van der Waals surface area contributed by atoms with Gasteiger partial charge in [-0.2, -0.15) is 0 Å². The van der Waals surface area contributed by atoms with Gasteiger partial charge in [-0.1, -0.05) is 24.2 Å². The van der Waals surface area contributed by atoms with Gasteiger partial charge in [0.2, 0.25) is 0 Å². The van der Waals surface area contributed by atoms with E-state index in [1.807, 2.05) is 18.9 Å². The average Bonchev–Trinajstić information content (AvgIpc) is 2.82. The van der Waals surface area contributed by atoms with Crippen molar-refractivity contribution in [2.24, 2.45) is 5.73 Å². The number of nitrogen functional groups attached to an aromatic ring is 1. The zero-order valence-corrected chi connectivity index (χ0v) is 12.9. The molecule has 2 atom stereocenters. The molecule has 2 unspecified atom stereocenters. The highest BCUT2D eigenvalue weighted by molar-refractivity contribution is 7.18. The van der Waals surface area contributed by atoms with Gasteiger partial charge in [-0.3, -0.25) is 4.79 Å². The Morgan fingerprint density at radius 1 is 1.50 bits per heavy atom. The number of carbonyl (C=O) groups excluding carboxylic acids is 1. The summed E-state index contributed by atoms with van der Waals surface area (Å²) in [5, 5.41) is 3.77. The molecule has 1 amide bonds. The molecule has 0 saturated heterocycles. The average molecular weight is 297 g/mol. The lowest BCUT2D eigenvalue weighted by Crippen LogP contribution is -2.49. The number of rotatable bonds is 4. The van der Waals surface area contributed by atoms with Crippen molar-refractivity contribution < 1.29 is 4.79 Å². The molecule has 1 fully saturated rings. The van der Waals surface area contributed by atoms with E-state index in [1.54, 1.807) is 0 Å². The third-order valence-corrected chi connectivity index (χ3v) is 4.97. The number of nitrogens with one attached hydrogen (secondary N) is 1. The molecule has 0 spiro atoms. The van der Waals surface area contributed by atoms with Crippen LogP contribution in [0.2, 0.25) is 0 Å². The van der Waals surface area contributed by atoms with Crippen molar-refractivity contribution >= 4 is 28.2 Å². The Labute approximate surface area is 123 Å². The Hall–Kier alpha value is -1.34. The van der Waals surface area contributed by atoms with E-state index in [2.05, 4.69) is 10.3 Å². The summed E-state index contributed by atoms with van der Waals surface area (Å²) in [6, 6.07) is 0.0877. The fourth-order valence-electron chi connectivity index (χ4n) is 2.35. The molecule has 1 aliphatic carbocycles. The highest BCUT2D eigenvalue weighted by Gasteiger charge is 2.26. The van der Waals surface area contributed by atoms with Crippen LogP contribution in [-0.2, 0) is 0 Å². The van der Waals surface area contributed by atoms with Crippen molar-refractivity contribution in [2.75, 3.05) is 24.2 Å². The lowest BCUT2D eigenvalue weighted by molar-refractivity contribution is 0.0926. The molecule has 20 heavy (non-hydrogen) atoms. The van der Waals surface area contributed by atoms with Gasteiger partial charge in [0, 0.05) is 25.7 Å². The summed E-state index contributed by atoms with van der Waals surface area (Å²) in [5.74, 6) is 0.144. The maximum atomic E-state index is 12.3. The lowest BCUT2D eigenvalue weighted by atomic mass is 9.91. The first-order valence-corrected chi connectivity index (χ1v) is 7.88. The number of aromatic nitrogens is 1. The first-order valence-electron chi connectivity index (χ1n) is 7.06. The minimum Gasteiger partial charge on any atom is -0.382 e. The predicted octanol–water partition coefficient (Wildman–Crippen LogP) is 1.18. The van der Waals surface area contributed by atoms with Gasteiger partial charge in [0.1, 0.15) is 10.7 Å². The Bertz CT molecular complexity index is 475. The van der Waals surface area contributed by atoms with Crippen LogP contribution in [0.25, 0.3) is 0 Å². The topological polar surface area (TPSA) is 97.3 Å². The van der Waals surface area contributed by atoms with Gasteiger partial charge < -0.3 is 21.7 Å². The number of hydrogen-bond acceptors (Lipinski definition) is 6. The molecule has 2 rings (SSSR count). The molecule has 0 bridgehead atoms. The minimum absolute atomic E-state index is 0.0413. The Morgan fingerprint density at radius 2 is 2.20 bits per heavy atom. The number of nitrogens with two attached hydrogens (primary N) is 2. The lowest BCUT2D eigenvalue weighted by Gasteiger charge is -2.29. The molecule has 0 aromatic carbocycles. The van der Waals surface area contributed by atoms with Gasteiger partial charge >= 0.3 is 0 Å². The predicted molar refractivity (Wildman–Crippen MR) is 83.2 cm³/mol. The molecule has 1 aromatic heterocycles. The van der Waals surface area contributed by atoms with Crippen molar-refractivity contribution in [3.05, 3.63) is 4.88 Å². The second-order valence-electron chi connectivity index (χ2n) is 5.25. The molecule has 112 valence electrons. The van der Waals surface area contributed by atoms with E-state index in [0.29, 0.717) is 10.7 Å². The van der Waals surface area contributed by atoms with Crippen LogP contribution in [-0.4, -0.2) is 36.6 Å². The van der Waals surface area contributed by atoms with E-state index in [-0.39, 0.29) is 18.0 Å². The van der Waals surface area contributed by atoms with Gasteiger partial charge in [-0.15, -0.1) is 0 Å². The Kier molecular flexibility index (Phi) is 4.82. The summed E-state index contributed by atoms with van der Waals surface area (Å²) in [6.07, 6.45) is 4.16. The highest BCUT2D eigenvalue weighted by atomic mass is 32.1. The van der Waals surface area contributed by atoms with Gasteiger partial charge in [-0.25, -0.2) is 4.98 Å². The summed E-state index contributed by atoms with van der Waals surface area (Å²) in [4.78, 5) is 19.0. The largest absolute Gasteiger partial charge is 0.382 e. The van der Waals surface area contributed by atoms with Crippen LogP contribution in [0.5, 0.6) is 0 Å². The highest BCUT2D eigenvalue weighted by Crippen LogP contribution is 2.27. The molecule has 1 aromatic rings. The van der Waals surface area contributed by atoms with Crippen molar-refractivity contribution in [2.45, 2.75) is 44.7 Å². The maximum Gasteiger partial charge on any atom is 0.265 e. The fourth-order valence-corrected chi connectivity index (χ4v) is 3.27. The van der Waals surface area contributed by atoms with Crippen LogP contribution < -0.4 is 21.7 Å². The Morgan fingerprint density at radius 3 is 2.85 bits per heavy atom. The fraction of sp³-hybridized carbons (Fsp3) is 0.692. The van der Waals surface area contributed by atoms with Crippen molar-refractivity contribution in [1.82, 2.24) is 10.3 Å². The molecular weight excluding hydrogens is 274 g/mol. The van der Waals surface area contributed by atoms with Gasteiger partial charge in [0.25, 0.3) is 5.91 Å². The molecule has 0 radical (unpaired) electrons. The molecular formula is C13H23N5OS. The molecule has 1 saturated carbocycles. The van der Waals surface area contributed by atoms with Crippen molar-refractivity contribution in [3.63, 3.8) is 0 Å². The minimum atomic E-state index is -0.155. The van der Waals surface area contributed by atoms with Crippen molar-refractivity contribution in [3.8, 4) is 0 Å². The SMILES string of the molecule is CCN(C)c1nc(N)c(C(=O)NC2CCCCC2N)s1. The van der Waals surface area contributed by atoms with Crippen LogP contribution >= 0.6 is 11.3 Å². The molecule has 7 heteroatoms. The monoisotopic (exact) mass is 297 g/mol. The molecule has 1 aliphatic rings. The summed E-state index contributed by atoms with van der Waals surface area (Å²) in [5.41, 5.74) is 11.9. The van der Waals surface area contributed by atoms with Gasteiger partial charge in [0.15, 0.2) is 5.13 Å². The first kappa shape index (κ1) is 15.1. The van der Waals surface area contributed by atoms with E-state index in [4.69, 9.17) is 11.5 Å². The van der Waals surface area contributed by atoms with E-state index in [1.165, 1.54) is 11.3 Å². The number of anilines is 2. The number of amides is 1. The van der Waals surface area contributed by atoms with E-state index in [0.717, 1.165) is 37.4 Å². The number of nitrogens with zero attached hydrogens (tertiary/aromatic N) is 2. The van der Waals surface area contributed by atoms with Crippen LogP contribution in [0.4, 0.5) is 10.9 Å². The summed E-state index contributed by atoms with van der Waals surface area (Å²) < 4.78 is 0. The van der Waals surface area contributed by atoms with Gasteiger partial charge in [0.05, 0.1) is 0 Å². The van der Waals surface area contributed by atoms with E-state index < -0.39 is 0 Å². The normalized spacial score (nSPS) is 22.6. The standard InChI is InChI=1S/C13H23N5OS/c1-3-18(2)13-17-11(15)10(20-13)12(19)16-9-7-5-4-6-8(9)14/h8-9H,3-7,14-15H2,1-2H3,(H,16,19). The summed E-state index contributed by atoms with van der Waals surface area (Å²) in [7, 11) is 1.93. The van der Waals surface area contributed by atoms with E-state index in [9.17, 15) is 4.79 Å². The molecule has 0 aliphatic heterocycles. The third-order valence-electron chi connectivity index (χ3n) is 3.79. The molecule has 1 heterocycles. The summed E-state index contributed by atoms with van der Waals surface area (Å²) in [6.45, 7) is 2.85. The van der Waals surface area contributed by atoms with Gasteiger partial charge in [-0.05, 0) is 19.8 Å². The second-order valence-corrected chi connectivity index (χ2v) is 6.23. The smallest absolute Gasteiger partial charge is 0.265 e. The van der Waals surface area contributed by atoms with E-state index >= 15 is 0 Å².